The summed E-state index contributed by atoms with van der Waals surface area (Å²) >= 11 is 5.89. The molecule has 0 fully saturated rings. The molecule has 23 heavy (non-hydrogen) atoms. The van der Waals surface area contributed by atoms with E-state index in [4.69, 9.17) is 16.1 Å². The maximum Gasteiger partial charge on any atom is 0.257 e. The van der Waals surface area contributed by atoms with Crippen molar-refractivity contribution < 1.29 is 13.7 Å². The Morgan fingerprint density at radius 3 is 2.57 bits per heavy atom. The van der Waals surface area contributed by atoms with Gasteiger partial charge in [-0.1, -0.05) is 16.8 Å². The van der Waals surface area contributed by atoms with Crippen LogP contribution in [-0.4, -0.2) is 16.0 Å². The Morgan fingerprint density at radius 1 is 1.22 bits per heavy atom. The minimum atomic E-state index is -0.466. The van der Waals surface area contributed by atoms with Gasteiger partial charge in [0.2, 0.25) is 0 Å². The minimum absolute atomic E-state index is 0.135. The zero-order valence-electron chi connectivity index (χ0n) is 12.0. The number of carbonyl (C=O) groups excluding carboxylic acids is 1. The predicted octanol–water partition coefficient (Wildman–Crippen LogP) is 4.09. The van der Waals surface area contributed by atoms with Crippen LogP contribution in [0, 0.1) is 12.7 Å². The fraction of sp³-hybridized carbons (Fsp3) is 0.0625. The third-order valence-corrected chi connectivity index (χ3v) is 3.41. The highest BCUT2D eigenvalue weighted by atomic mass is 35.5. The summed E-state index contributed by atoms with van der Waals surface area (Å²) in [5.41, 5.74) is 1.47. The second kappa shape index (κ2) is 6.18. The monoisotopic (exact) mass is 331 g/mol. The van der Waals surface area contributed by atoms with Crippen LogP contribution in [0.25, 0.3) is 11.5 Å². The van der Waals surface area contributed by atoms with Crippen LogP contribution in [-0.2, 0) is 0 Å². The van der Waals surface area contributed by atoms with Crippen LogP contribution in [0.5, 0.6) is 0 Å². The summed E-state index contributed by atoms with van der Waals surface area (Å²) in [5, 5.41) is 6.48. The van der Waals surface area contributed by atoms with Crippen LogP contribution < -0.4 is 5.32 Å². The standard InChI is InChI=1S/C16H11ClFN3O2/c1-9-19-16(23-21-9)11-4-2-10(3-5-11)15(22)20-14-7-6-12(18)8-13(14)17/h2-8H,1H3,(H,20,22). The number of anilines is 1. The highest BCUT2D eigenvalue weighted by Crippen LogP contribution is 2.23. The van der Waals surface area contributed by atoms with Gasteiger partial charge in [0.1, 0.15) is 5.82 Å². The molecule has 1 aromatic heterocycles. The zero-order valence-corrected chi connectivity index (χ0v) is 12.8. The summed E-state index contributed by atoms with van der Waals surface area (Å²) in [6.45, 7) is 1.72. The van der Waals surface area contributed by atoms with E-state index >= 15 is 0 Å². The molecule has 0 aliphatic rings. The third kappa shape index (κ3) is 3.37. The molecule has 5 nitrogen and oxygen atoms in total. The summed E-state index contributed by atoms with van der Waals surface area (Å²) in [7, 11) is 0. The smallest absolute Gasteiger partial charge is 0.257 e. The van der Waals surface area contributed by atoms with Gasteiger partial charge in [-0.15, -0.1) is 0 Å². The fourth-order valence-electron chi connectivity index (χ4n) is 1.96. The van der Waals surface area contributed by atoms with Gasteiger partial charge in [0.25, 0.3) is 11.8 Å². The molecule has 2 aromatic carbocycles. The van der Waals surface area contributed by atoms with E-state index in [1.807, 2.05) is 0 Å². The van der Waals surface area contributed by atoms with Gasteiger partial charge in [-0.05, 0) is 49.4 Å². The van der Waals surface area contributed by atoms with Crippen molar-refractivity contribution in [2.75, 3.05) is 5.32 Å². The molecule has 3 rings (SSSR count). The van der Waals surface area contributed by atoms with Crippen molar-refractivity contribution in [3.8, 4) is 11.5 Å². The molecule has 0 bridgehead atoms. The maximum absolute atomic E-state index is 13.0. The average molecular weight is 332 g/mol. The van der Waals surface area contributed by atoms with Crippen molar-refractivity contribution in [2.45, 2.75) is 6.92 Å². The molecule has 1 heterocycles. The van der Waals surface area contributed by atoms with Crippen molar-refractivity contribution in [1.29, 1.82) is 0 Å². The van der Waals surface area contributed by atoms with E-state index in [9.17, 15) is 9.18 Å². The molecular formula is C16H11ClFN3O2. The van der Waals surface area contributed by atoms with Crippen LogP contribution >= 0.6 is 11.6 Å². The first-order valence-corrected chi connectivity index (χ1v) is 7.08. The van der Waals surface area contributed by atoms with Crippen LogP contribution in [0.2, 0.25) is 5.02 Å². The number of nitrogens with one attached hydrogen (secondary N) is 1. The predicted molar refractivity (Wildman–Crippen MR) is 83.8 cm³/mol. The SMILES string of the molecule is Cc1noc(-c2ccc(C(=O)Nc3ccc(F)cc3Cl)cc2)n1. The maximum atomic E-state index is 13.0. The number of halogens is 2. The van der Waals surface area contributed by atoms with Crippen molar-refractivity contribution >= 4 is 23.2 Å². The molecule has 116 valence electrons. The second-order valence-corrected chi connectivity index (χ2v) is 5.21. The van der Waals surface area contributed by atoms with E-state index in [1.165, 1.54) is 12.1 Å². The largest absolute Gasteiger partial charge is 0.334 e. The van der Waals surface area contributed by atoms with E-state index in [0.717, 1.165) is 6.07 Å². The first-order chi connectivity index (χ1) is 11.0. The topological polar surface area (TPSA) is 68.0 Å². The van der Waals surface area contributed by atoms with Crippen molar-refractivity contribution in [1.82, 2.24) is 10.1 Å². The molecule has 0 saturated carbocycles. The number of aromatic nitrogens is 2. The van der Waals surface area contributed by atoms with Crippen molar-refractivity contribution in [3.05, 3.63) is 64.7 Å². The van der Waals surface area contributed by atoms with Gasteiger partial charge < -0.3 is 9.84 Å². The molecule has 0 unspecified atom stereocenters. The van der Waals surface area contributed by atoms with Gasteiger partial charge in [0, 0.05) is 11.1 Å². The number of aryl methyl sites for hydroxylation is 1. The lowest BCUT2D eigenvalue weighted by molar-refractivity contribution is 0.102. The van der Waals surface area contributed by atoms with Gasteiger partial charge in [-0.25, -0.2) is 4.39 Å². The van der Waals surface area contributed by atoms with Gasteiger partial charge in [0.15, 0.2) is 5.82 Å². The lowest BCUT2D eigenvalue weighted by atomic mass is 10.1. The van der Waals surface area contributed by atoms with E-state index in [2.05, 4.69) is 15.5 Å². The Labute approximate surface area is 136 Å². The normalized spacial score (nSPS) is 10.6. The van der Waals surface area contributed by atoms with E-state index in [-0.39, 0.29) is 10.9 Å². The molecule has 1 N–H and O–H groups in total. The highest BCUT2D eigenvalue weighted by Gasteiger charge is 2.11. The Balaban J connectivity index is 1.77. The number of hydrogen-bond donors (Lipinski definition) is 1. The summed E-state index contributed by atoms with van der Waals surface area (Å²) in [5.74, 6) is 0.0998. The molecule has 0 saturated heterocycles. The van der Waals surface area contributed by atoms with Gasteiger partial charge in [-0.3, -0.25) is 4.79 Å². The van der Waals surface area contributed by atoms with Gasteiger partial charge >= 0.3 is 0 Å². The molecule has 0 aliphatic carbocycles. The van der Waals surface area contributed by atoms with Gasteiger partial charge in [0.05, 0.1) is 10.7 Å². The summed E-state index contributed by atoms with van der Waals surface area (Å²) in [4.78, 5) is 16.3. The molecule has 0 radical (unpaired) electrons. The number of carbonyl (C=O) groups is 1. The summed E-state index contributed by atoms with van der Waals surface area (Å²) in [6.07, 6.45) is 0. The summed E-state index contributed by atoms with van der Waals surface area (Å²) in [6, 6.07) is 10.4. The van der Waals surface area contributed by atoms with E-state index in [1.54, 1.807) is 31.2 Å². The lowest BCUT2D eigenvalue weighted by Gasteiger charge is -2.07. The molecule has 1 amide bonds. The number of rotatable bonds is 3. The van der Waals surface area contributed by atoms with Crippen LogP contribution in [0.1, 0.15) is 16.2 Å². The Kier molecular flexibility index (Phi) is 4.08. The Bertz CT molecular complexity index is 862. The van der Waals surface area contributed by atoms with Gasteiger partial charge in [-0.2, -0.15) is 4.98 Å². The molecule has 0 aliphatic heterocycles. The Morgan fingerprint density at radius 2 is 1.96 bits per heavy atom. The summed E-state index contributed by atoms with van der Waals surface area (Å²) < 4.78 is 18.1. The van der Waals surface area contributed by atoms with Crippen LogP contribution in [0.15, 0.2) is 47.0 Å². The number of benzene rings is 2. The van der Waals surface area contributed by atoms with Crippen molar-refractivity contribution in [3.63, 3.8) is 0 Å². The first-order valence-electron chi connectivity index (χ1n) is 6.70. The number of hydrogen-bond acceptors (Lipinski definition) is 4. The number of amides is 1. The average Bonchev–Trinajstić information content (AvgIpc) is 2.97. The number of nitrogens with zero attached hydrogens (tertiary/aromatic N) is 2. The molecule has 3 aromatic rings. The zero-order chi connectivity index (χ0) is 16.4. The highest BCUT2D eigenvalue weighted by molar-refractivity contribution is 6.33. The second-order valence-electron chi connectivity index (χ2n) is 4.80. The molecule has 0 spiro atoms. The molecular weight excluding hydrogens is 321 g/mol. The third-order valence-electron chi connectivity index (χ3n) is 3.10. The lowest BCUT2D eigenvalue weighted by Crippen LogP contribution is -2.12. The molecule has 0 atom stereocenters. The first kappa shape index (κ1) is 15.2. The van der Waals surface area contributed by atoms with E-state index < -0.39 is 5.82 Å². The van der Waals surface area contributed by atoms with E-state index in [0.29, 0.717) is 28.5 Å². The fourth-order valence-corrected chi connectivity index (χ4v) is 2.18. The quantitative estimate of drug-likeness (QED) is 0.785. The van der Waals surface area contributed by atoms with Crippen LogP contribution in [0.4, 0.5) is 10.1 Å². The Hall–Kier alpha value is -2.73. The molecule has 7 heteroatoms. The minimum Gasteiger partial charge on any atom is -0.334 e. The van der Waals surface area contributed by atoms with Crippen molar-refractivity contribution in [2.24, 2.45) is 0 Å². The van der Waals surface area contributed by atoms with Crippen LogP contribution in [0.3, 0.4) is 0 Å².